The molecule has 1 fully saturated rings. The molecule has 0 unspecified atom stereocenters. The van der Waals surface area contributed by atoms with E-state index in [1.807, 2.05) is 23.1 Å². The van der Waals surface area contributed by atoms with Gasteiger partial charge in [-0.1, -0.05) is 12.1 Å². The van der Waals surface area contributed by atoms with Crippen molar-refractivity contribution in [2.45, 2.75) is 6.54 Å². The van der Waals surface area contributed by atoms with Crippen LogP contribution in [0.25, 0.3) is 11.1 Å². The van der Waals surface area contributed by atoms with Gasteiger partial charge < -0.3 is 14.2 Å². The number of oxazole rings is 1. The summed E-state index contributed by atoms with van der Waals surface area (Å²) in [5.74, 6) is 0.438. The van der Waals surface area contributed by atoms with Crippen LogP contribution in [0.4, 0.5) is 5.82 Å². The minimum absolute atomic E-state index is 0.0450. The first-order valence-electron chi connectivity index (χ1n) is 8.87. The Kier molecular flexibility index (Phi) is 4.50. The molecule has 0 saturated carbocycles. The fourth-order valence-electron chi connectivity index (χ4n) is 3.36. The summed E-state index contributed by atoms with van der Waals surface area (Å²) in [5.41, 5.74) is 1.63. The van der Waals surface area contributed by atoms with Crippen molar-refractivity contribution >= 4 is 22.8 Å². The van der Waals surface area contributed by atoms with E-state index in [9.17, 15) is 9.59 Å². The zero-order valence-corrected chi connectivity index (χ0v) is 14.9. The maximum atomic E-state index is 12.9. The van der Waals surface area contributed by atoms with Crippen molar-refractivity contribution in [3.63, 3.8) is 0 Å². The normalized spacial score (nSPS) is 14.5. The number of pyridine rings is 1. The molecule has 1 saturated heterocycles. The summed E-state index contributed by atoms with van der Waals surface area (Å²) in [7, 11) is 0. The lowest BCUT2D eigenvalue weighted by atomic mass is 10.1. The second-order valence-corrected chi connectivity index (χ2v) is 6.42. The van der Waals surface area contributed by atoms with Gasteiger partial charge in [0, 0.05) is 44.5 Å². The molecule has 3 aromatic rings. The van der Waals surface area contributed by atoms with Crippen LogP contribution < -0.4 is 10.7 Å². The van der Waals surface area contributed by atoms with Gasteiger partial charge >= 0.3 is 5.76 Å². The molecule has 0 aliphatic carbocycles. The van der Waals surface area contributed by atoms with Crippen molar-refractivity contribution in [2.75, 3.05) is 31.1 Å². The Morgan fingerprint density at radius 1 is 1.19 bits per heavy atom. The summed E-state index contributed by atoms with van der Waals surface area (Å²) >= 11 is 0. The zero-order valence-electron chi connectivity index (χ0n) is 14.9. The number of aromatic nitrogens is 2. The monoisotopic (exact) mass is 364 g/mol. The highest BCUT2D eigenvalue weighted by Crippen LogP contribution is 2.18. The maximum absolute atomic E-state index is 12.9. The first-order valence-corrected chi connectivity index (χ1v) is 8.87. The number of amides is 1. The van der Waals surface area contributed by atoms with Crippen molar-refractivity contribution in [3.05, 3.63) is 71.4 Å². The zero-order chi connectivity index (χ0) is 18.8. The van der Waals surface area contributed by atoms with E-state index in [1.165, 1.54) is 4.57 Å². The first kappa shape index (κ1) is 17.1. The number of nitrogens with zero attached hydrogens (tertiary/aromatic N) is 4. The molecule has 1 aliphatic rings. The second kappa shape index (κ2) is 7.11. The van der Waals surface area contributed by atoms with Gasteiger partial charge in [-0.25, -0.2) is 9.78 Å². The van der Waals surface area contributed by atoms with Gasteiger partial charge in [0.05, 0.1) is 5.52 Å². The number of rotatable bonds is 4. The van der Waals surface area contributed by atoms with Crippen LogP contribution in [0.3, 0.4) is 0 Å². The summed E-state index contributed by atoms with van der Waals surface area (Å²) in [5, 5.41) is 0. The molecule has 0 spiro atoms. The summed E-state index contributed by atoms with van der Waals surface area (Å²) in [6.45, 7) is 6.71. The van der Waals surface area contributed by atoms with Crippen LogP contribution in [0.15, 0.2) is 64.5 Å². The van der Waals surface area contributed by atoms with Crippen molar-refractivity contribution < 1.29 is 9.21 Å². The van der Waals surface area contributed by atoms with Crippen LogP contribution in [0.1, 0.15) is 10.4 Å². The van der Waals surface area contributed by atoms with Crippen LogP contribution in [0.5, 0.6) is 0 Å². The largest absolute Gasteiger partial charge is 0.420 e. The summed E-state index contributed by atoms with van der Waals surface area (Å²) < 4.78 is 6.69. The molecule has 138 valence electrons. The van der Waals surface area contributed by atoms with Crippen molar-refractivity contribution in [3.8, 4) is 0 Å². The molecule has 0 bridgehead atoms. The Morgan fingerprint density at radius 3 is 2.70 bits per heavy atom. The van der Waals surface area contributed by atoms with E-state index in [-0.39, 0.29) is 5.91 Å². The average molecular weight is 364 g/mol. The molecule has 1 aliphatic heterocycles. The Bertz CT molecular complexity index is 1030. The number of benzene rings is 1. The molecule has 3 heterocycles. The highest BCUT2D eigenvalue weighted by molar-refractivity contribution is 5.97. The minimum Gasteiger partial charge on any atom is -0.408 e. The number of allylic oxidation sites excluding steroid dienone is 1. The molecule has 7 heteroatoms. The average Bonchev–Trinajstić information content (AvgIpc) is 3.03. The fourth-order valence-corrected chi connectivity index (χ4v) is 3.36. The van der Waals surface area contributed by atoms with Gasteiger partial charge in [-0.2, -0.15) is 0 Å². The standard InChI is InChI=1S/C20H20N4O3/c1-2-9-24-16-14-15(6-7-17(16)27-20(24)26)19(25)23-12-10-22(11-13-23)18-5-3-4-8-21-18/h2-8,14H,1,9-13H2. The molecular weight excluding hydrogens is 344 g/mol. The number of hydrogen-bond donors (Lipinski definition) is 0. The smallest absolute Gasteiger partial charge is 0.408 e. The van der Waals surface area contributed by atoms with E-state index in [4.69, 9.17) is 4.42 Å². The van der Waals surface area contributed by atoms with Gasteiger partial charge in [-0.15, -0.1) is 6.58 Å². The van der Waals surface area contributed by atoms with Gasteiger partial charge in [0.1, 0.15) is 5.82 Å². The SMILES string of the molecule is C=CCn1c(=O)oc2ccc(C(=O)N3CCN(c4ccccn4)CC3)cc21. The topological polar surface area (TPSA) is 71.6 Å². The van der Waals surface area contributed by atoms with Gasteiger partial charge in [-0.05, 0) is 30.3 Å². The third kappa shape index (κ3) is 3.23. The molecule has 0 N–H and O–H groups in total. The van der Waals surface area contributed by atoms with Crippen LogP contribution in [0, 0.1) is 0 Å². The molecule has 2 aromatic heterocycles. The summed E-state index contributed by atoms with van der Waals surface area (Å²) in [4.78, 5) is 33.2. The van der Waals surface area contributed by atoms with Crippen LogP contribution >= 0.6 is 0 Å². The minimum atomic E-state index is -0.446. The molecule has 27 heavy (non-hydrogen) atoms. The molecule has 1 amide bonds. The second-order valence-electron chi connectivity index (χ2n) is 6.42. The molecule has 1 aromatic carbocycles. The number of anilines is 1. The van der Waals surface area contributed by atoms with E-state index < -0.39 is 5.76 Å². The van der Waals surface area contributed by atoms with Crippen LogP contribution in [-0.4, -0.2) is 46.5 Å². The molecule has 4 rings (SSSR count). The van der Waals surface area contributed by atoms with Crippen molar-refractivity contribution in [1.29, 1.82) is 0 Å². The summed E-state index contributed by atoms with van der Waals surface area (Å²) in [6.07, 6.45) is 3.40. The Morgan fingerprint density at radius 2 is 2.00 bits per heavy atom. The predicted molar refractivity (Wildman–Crippen MR) is 103 cm³/mol. The quantitative estimate of drug-likeness (QED) is 0.663. The number of piperazine rings is 1. The lowest BCUT2D eigenvalue weighted by molar-refractivity contribution is 0.0746. The molecular formula is C20H20N4O3. The maximum Gasteiger partial charge on any atom is 0.420 e. The van der Waals surface area contributed by atoms with Gasteiger partial charge in [0.25, 0.3) is 5.91 Å². The Balaban J connectivity index is 1.52. The van der Waals surface area contributed by atoms with Crippen LogP contribution in [-0.2, 0) is 6.54 Å². The van der Waals surface area contributed by atoms with Gasteiger partial charge in [0.2, 0.25) is 0 Å². The van der Waals surface area contributed by atoms with E-state index in [1.54, 1.807) is 30.5 Å². The van der Waals surface area contributed by atoms with E-state index in [0.717, 1.165) is 18.9 Å². The predicted octanol–water partition coefficient (Wildman–Crippen LogP) is 2.14. The number of hydrogen-bond acceptors (Lipinski definition) is 5. The fraction of sp³-hybridized carbons (Fsp3) is 0.250. The summed E-state index contributed by atoms with van der Waals surface area (Å²) in [6, 6.07) is 10.9. The third-order valence-corrected chi connectivity index (χ3v) is 4.77. The Labute approximate surface area is 156 Å². The van der Waals surface area contributed by atoms with Crippen molar-refractivity contribution in [1.82, 2.24) is 14.5 Å². The Hall–Kier alpha value is -3.35. The molecule has 0 atom stereocenters. The lowest BCUT2D eigenvalue weighted by Gasteiger charge is -2.35. The van der Waals surface area contributed by atoms with Crippen LogP contribution in [0.2, 0.25) is 0 Å². The lowest BCUT2D eigenvalue weighted by Crippen LogP contribution is -2.49. The molecule has 0 radical (unpaired) electrons. The van der Waals surface area contributed by atoms with Gasteiger partial charge in [0.15, 0.2) is 5.58 Å². The first-order chi connectivity index (χ1) is 13.2. The highest BCUT2D eigenvalue weighted by Gasteiger charge is 2.23. The van der Waals surface area contributed by atoms with E-state index in [0.29, 0.717) is 36.3 Å². The van der Waals surface area contributed by atoms with Gasteiger partial charge in [-0.3, -0.25) is 9.36 Å². The van der Waals surface area contributed by atoms with E-state index in [2.05, 4.69) is 16.5 Å². The number of carbonyl (C=O) groups is 1. The third-order valence-electron chi connectivity index (χ3n) is 4.77. The van der Waals surface area contributed by atoms with E-state index >= 15 is 0 Å². The van der Waals surface area contributed by atoms with Crippen molar-refractivity contribution in [2.24, 2.45) is 0 Å². The highest BCUT2D eigenvalue weighted by atomic mass is 16.4. The number of carbonyl (C=O) groups excluding carboxylic acids is 1. The molecule has 7 nitrogen and oxygen atoms in total. The number of fused-ring (bicyclic) bond motifs is 1.